The van der Waals surface area contributed by atoms with Crippen LogP contribution in [0.1, 0.15) is 119 Å². The van der Waals surface area contributed by atoms with E-state index < -0.39 is 78.2 Å². The normalized spacial score (nSPS) is 23.8. The Balaban J connectivity index is 2.61. The van der Waals surface area contributed by atoms with Crippen LogP contribution in [0.25, 0.3) is 0 Å². The summed E-state index contributed by atoms with van der Waals surface area (Å²) in [6.45, 7) is 20.3. The maximum absolute atomic E-state index is 15.7. The highest BCUT2D eigenvalue weighted by molar-refractivity contribution is 6.33. The summed E-state index contributed by atoms with van der Waals surface area (Å²) in [7, 11) is 0. The minimum atomic E-state index is -2.14. The number of carbonyl (C=O) groups is 4. The lowest BCUT2D eigenvalue weighted by Gasteiger charge is -2.61. The number of hydrogen-bond acceptors (Lipinski definition) is 9. The van der Waals surface area contributed by atoms with E-state index in [1.54, 1.807) is 19.9 Å². The largest absolute Gasteiger partial charge is 0.426 e. The molecule has 0 amide bonds. The number of non-ortho nitro benzene ring substituents is 1. The number of nitro benzene ring substituents is 2. The summed E-state index contributed by atoms with van der Waals surface area (Å²) in [6, 6.07) is 2.56. The molecule has 4 atom stereocenters. The number of fused-ring (bicyclic) bond motifs is 2. The van der Waals surface area contributed by atoms with Crippen LogP contribution >= 0.6 is 0 Å². The summed E-state index contributed by atoms with van der Waals surface area (Å²) in [5.74, 6) is -4.48. The third-order valence-corrected chi connectivity index (χ3v) is 10.5. The van der Waals surface area contributed by atoms with E-state index in [1.165, 1.54) is 0 Å². The maximum Gasteiger partial charge on any atom is 0.350 e. The van der Waals surface area contributed by atoms with E-state index in [-0.39, 0.29) is 37.0 Å². The van der Waals surface area contributed by atoms with Gasteiger partial charge in [-0.25, -0.2) is 4.79 Å². The Hall–Kier alpha value is -4.80. The van der Waals surface area contributed by atoms with Crippen molar-refractivity contribution in [3.8, 4) is 0 Å². The van der Waals surface area contributed by atoms with Crippen molar-refractivity contribution in [2.45, 2.75) is 108 Å². The van der Waals surface area contributed by atoms with E-state index >= 15 is 9.59 Å². The van der Waals surface area contributed by atoms with E-state index in [9.17, 15) is 29.8 Å². The molecule has 0 radical (unpaired) electrons. The Kier molecular flexibility index (Phi) is 12.7. The molecule has 11 nitrogen and oxygen atoms in total. The SMILES string of the molecule is CC(C)=CCC1=C(OC(=O)c2ccc([N+](=O)[O-])cc2[N+](=O)[O-])[C@@]2(CC=C(C)C)C[C@H](CC=C(C)C)[C@@](C)(CC=C(C)C)[C@@](C(=O)C(C)C)(C1=O)C2=O. The monoisotopic (exact) mass is 716 g/mol. The molecule has 0 spiro atoms. The fourth-order valence-corrected chi connectivity index (χ4v) is 7.64. The van der Waals surface area contributed by atoms with Crippen LogP contribution in [0.15, 0.2) is 76.1 Å². The second-order valence-electron chi connectivity index (χ2n) is 15.7. The predicted octanol–water partition coefficient (Wildman–Crippen LogP) is 9.71. The number of nitro groups is 2. The van der Waals surface area contributed by atoms with Crippen molar-refractivity contribution in [2.24, 2.45) is 28.1 Å². The van der Waals surface area contributed by atoms with Crippen LogP contribution in [0.5, 0.6) is 0 Å². The fraction of sp³-hybridized carbons (Fsp3) is 0.512. The summed E-state index contributed by atoms with van der Waals surface area (Å²) >= 11 is 0. The summed E-state index contributed by atoms with van der Waals surface area (Å²) in [5.41, 5.74) is -3.40. The van der Waals surface area contributed by atoms with Crippen LogP contribution in [-0.4, -0.2) is 33.2 Å². The van der Waals surface area contributed by atoms with Crippen molar-refractivity contribution in [3.63, 3.8) is 0 Å². The minimum absolute atomic E-state index is 0.00189. The van der Waals surface area contributed by atoms with Gasteiger partial charge in [-0.05, 0) is 99.5 Å². The molecule has 0 unspecified atom stereocenters. The highest BCUT2D eigenvalue weighted by atomic mass is 16.6. The van der Waals surface area contributed by atoms with Crippen LogP contribution in [0.4, 0.5) is 11.4 Å². The number of carbonyl (C=O) groups excluding carboxylic acids is 4. The van der Waals surface area contributed by atoms with Gasteiger partial charge in [0.15, 0.2) is 22.8 Å². The average molecular weight is 717 g/mol. The van der Waals surface area contributed by atoms with Crippen molar-refractivity contribution >= 4 is 34.7 Å². The van der Waals surface area contributed by atoms with Crippen molar-refractivity contribution in [1.82, 2.24) is 0 Å². The Morgan fingerprint density at radius 2 is 1.42 bits per heavy atom. The summed E-state index contributed by atoms with van der Waals surface area (Å²) < 4.78 is 6.13. The molecule has 3 rings (SSSR count). The highest BCUT2D eigenvalue weighted by Crippen LogP contribution is 2.68. The standard InChI is InChI=1S/C41H52N2O9/c1-24(2)12-14-29-23-40(21-19-27(7)8)36(52-37(46)31-17-15-30(42(48)49)22-33(31)43(50)51)32(16-13-25(3)4)35(45)41(38(40)47,34(44)28(9)10)39(29,11)20-18-26(5)6/h12-13,15,17-19,22,28-29H,14,16,20-21,23H2,1-11H3/t29-,39+,40+,41-/m0/s1. The number of ether oxygens (including phenoxy) is 1. The van der Waals surface area contributed by atoms with Crippen molar-refractivity contribution in [2.75, 3.05) is 0 Å². The lowest BCUT2D eigenvalue weighted by molar-refractivity contribution is -0.394. The molecule has 2 aliphatic rings. The van der Waals surface area contributed by atoms with E-state index in [0.29, 0.717) is 12.5 Å². The highest BCUT2D eigenvalue weighted by Gasteiger charge is 2.76. The lowest BCUT2D eigenvalue weighted by atomic mass is 9.38. The number of hydrogen-bond donors (Lipinski definition) is 0. The first-order valence-electron chi connectivity index (χ1n) is 17.6. The molecule has 0 saturated heterocycles. The number of nitrogens with zero attached hydrogens (tertiary/aromatic N) is 2. The molecule has 0 N–H and O–H groups in total. The Bertz CT molecular complexity index is 1840. The Morgan fingerprint density at radius 1 is 0.865 bits per heavy atom. The smallest absolute Gasteiger partial charge is 0.350 e. The van der Waals surface area contributed by atoms with Gasteiger partial charge in [-0.1, -0.05) is 67.4 Å². The molecule has 11 heteroatoms. The first-order chi connectivity index (χ1) is 24.1. The molecule has 52 heavy (non-hydrogen) atoms. The molecule has 1 aromatic rings. The van der Waals surface area contributed by atoms with Crippen molar-refractivity contribution in [3.05, 3.63) is 102 Å². The van der Waals surface area contributed by atoms with Crippen LogP contribution in [-0.2, 0) is 19.1 Å². The molecule has 2 aliphatic carbocycles. The molecule has 1 saturated carbocycles. The second-order valence-corrected chi connectivity index (χ2v) is 15.7. The van der Waals surface area contributed by atoms with E-state index in [2.05, 4.69) is 0 Å². The zero-order valence-electron chi connectivity index (χ0n) is 32.3. The van der Waals surface area contributed by atoms with Crippen LogP contribution < -0.4 is 0 Å². The van der Waals surface area contributed by atoms with Gasteiger partial charge in [-0.2, -0.15) is 0 Å². The number of allylic oxidation sites excluding steroid dienone is 10. The molecule has 0 heterocycles. The number of benzene rings is 1. The molecule has 1 fully saturated rings. The topological polar surface area (TPSA) is 164 Å². The molecule has 1 aromatic carbocycles. The van der Waals surface area contributed by atoms with Gasteiger partial charge in [-0.15, -0.1) is 0 Å². The summed E-state index contributed by atoms with van der Waals surface area (Å²) in [5, 5.41) is 23.5. The zero-order chi connectivity index (χ0) is 39.5. The van der Waals surface area contributed by atoms with E-state index in [4.69, 9.17) is 4.74 Å². The molecule has 0 aromatic heterocycles. The summed E-state index contributed by atoms with van der Waals surface area (Å²) in [6.07, 6.45) is 8.34. The van der Waals surface area contributed by atoms with Crippen molar-refractivity contribution < 1.29 is 33.8 Å². The van der Waals surface area contributed by atoms with Crippen LogP contribution in [0.3, 0.4) is 0 Å². The van der Waals surface area contributed by atoms with Gasteiger partial charge in [0.25, 0.3) is 11.4 Å². The van der Waals surface area contributed by atoms with Gasteiger partial charge >= 0.3 is 5.97 Å². The van der Waals surface area contributed by atoms with Crippen LogP contribution in [0, 0.1) is 48.3 Å². The van der Waals surface area contributed by atoms with E-state index in [1.807, 2.05) is 80.5 Å². The first kappa shape index (κ1) is 41.6. The third kappa shape index (κ3) is 7.54. The van der Waals surface area contributed by atoms with Gasteiger partial charge < -0.3 is 4.74 Å². The number of rotatable bonds is 14. The minimum Gasteiger partial charge on any atom is -0.426 e. The Morgan fingerprint density at radius 3 is 1.92 bits per heavy atom. The number of Topliss-reactive ketones (excluding diaryl/α,β-unsaturated/α-hetero) is 3. The molecule has 2 bridgehead atoms. The third-order valence-electron chi connectivity index (χ3n) is 10.5. The predicted molar refractivity (Wildman–Crippen MR) is 199 cm³/mol. The molecule has 0 aliphatic heterocycles. The zero-order valence-corrected chi connectivity index (χ0v) is 32.3. The number of ketones is 3. The quantitative estimate of drug-likeness (QED) is 0.0599. The number of esters is 1. The molecular formula is C41H52N2O9. The average Bonchev–Trinajstić information content (AvgIpc) is 3.05. The van der Waals surface area contributed by atoms with Gasteiger partial charge in [0.05, 0.1) is 21.3 Å². The van der Waals surface area contributed by atoms with Crippen LogP contribution in [0.2, 0.25) is 0 Å². The Labute approximate surface area is 306 Å². The fourth-order valence-electron chi connectivity index (χ4n) is 7.64. The van der Waals surface area contributed by atoms with Crippen molar-refractivity contribution in [1.29, 1.82) is 0 Å². The molecular weight excluding hydrogens is 664 g/mol. The van der Waals surface area contributed by atoms with Gasteiger partial charge in [0, 0.05) is 23.0 Å². The second kappa shape index (κ2) is 15.8. The first-order valence-corrected chi connectivity index (χ1v) is 17.6. The maximum atomic E-state index is 15.7. The summed E-state index contributed by atoms with van der Waals surface area (Å²) in [4.78, 5) is 82.1. The lowest BCUT2D eigenvalue weighted by Crippen LogP contribution is -2.71. The van der Waals surface area contributed by atoms with Gasteiger partial charge in [-0.3, -0.25) is 34.6 Å². The molecule has 280 valence electrons. The van der Waals surface area contributed by atoms with E-state index in [0.717, 1.165) is 34.4 Å². The van der Waals surface area contributed by atoms with Gasteiger partial charge in [0.1, 0.15) is 11.3 Å². The van der Waals surface area contributed by atoms with Gasteiger partial charge in [0.2, 0.25) is 0 Å².